The minimum Gasteiger partial charge on any atom is -0.450 e. The van der Waals surface area contributed by atoms with E-state index in [1.54, 1.807) is 11.1 Å². The third-order valence-electron chi connectivity index (χ3n) is 4.74. The Labute approximate surface area is 166 Å². The summed E-state index contributed by atoms with van der Waals surface area (Å²) >= 11 is 0. The smallest absolute Gasteiger partial charge is 0.409 e. The van der Waals surface area contributed by atoms with E-state index in [1.165, 1.54) is 5.56 Å². The lowest BCUT2D eigenvalue weighted by molar-refractivity contribution is 0.105. The van der Waals surface area contributed by atoms with E-state index in [0.717, 1.165) is 12.4 Å². The lowest BCUT2D eigenvalue weighted by Crippen LogP contribution is -2.49. The first-order valence-corrected chi connectivity index (χ1v) is 9.75. The van der Waals surface area contributed by atoms with Crippen molar-refractivity contribution in [2.45, 2.75) is 33.4 Å². The molecule has 28 heavy (non-hydrogen) atoms. The highest BCUT2D eigenvalue weighted by atomic mass is 16.6. The number of piperazine rings is 1. The van der Waals surface area contributed by atoms with Gasteiger partial charge in [0.15, 0.2) is 5.82 Å². The molecule has 8 heteroatoms. The van der Waals surface area contributed by atoms with Crippen LogP contribution in [0.4, 0.5) is 16.6 Å². The van der Waals surface area contributed by atoms with Crippen LogP contribution < -0.4 is 9.80 Å². The van der Waals surface area contributed by atoms with Crippen LogP contribution in [0.15, 0.2) is 36.5 Å². The van der Waals surface area contributed by atoms with Gasteiger partial charge in [-0.15, -0.1) is 5.10 Å². The zero-order valence-corrected chi connectivity index (χ0v) is 16.8. The van der Waals surface area contributed by atoms with E-state index in [4.69, 9.17) is 9.72 Å². The highest BCUT2D eigenvalue weighted by molar-refractivity contribution is 5.68. The number of benzene rings is 1. The maximum atomic E-state index is 11.9. The summed E-state index contributed by atoms with van der Waals surface area (Å²) < 4.78 is 5.08. The van der Waals surface area contributed by atoms with Gasteiger partial charge in [0.2, 0.25) is 5.95 Å². The summed E-state index contributed by atoms with van der Waals surface area (Å²) in [4.78, 5) is 22.6. The van der Waals surface area contributed by atoms with E-state index in [9.17, 15) is 4.79 Å². The van der Waals surface area contributed by atoms with Crippen molar-refractivity contribution in [1.29, 1.82) is 0 Å². The number of rotatable bonds is 6. The molecule has 0 bridgehead atoms. The number of aromatic nitrogens is 3. The van der Waals surface area contributed by atoms with Crippen LogP contribution >= 0.6 is 0 Å². The molecule has 3 rings (SSSR count). The normalized spacial score (nSPS) is 14.3. The van der Waals surface area contributed by atoms with Crippen molar-refractivity contribution in [3.63, 3.8) is 0 Å². The molecule has 1 aromatic heterocycles. The largest absolute Gasteiger partial charge is 0.450 e. The van der Waals surface area contributed by atoms with Crippen molar-refractivity contribution in [3.8, 4) is 0 Å². The molecule has 2 heterocycles. The Kier molecular flexibility index (Phi) is 6.62. The molecule has 0 spiro atoms. The number of ether oxygens (including phenoxy) is 1. The molecule has 1 aliphatic heterocycles. The maximum absolute atomic E-state index is 11.9. The van der Waals surface area contributed by atoms with Gasteiger partial charge in [-0.05, 0) is 26.3 Å². The van der Waals surface area contributed by atoms with Gasteiger partial charge in [0.1, 0.15) is 0 Å². The fourth-order valence-electron chi connectivity index (χ4n) is 3.16. The van der Waals surface area contributed by atoms with Gasteiger partial charge in [0.05, 0.1) is 12.8 Å². The lowest BCUT2D eigenvalue weighted by atomic mass is 10.2. The minimum absolute atomic E-state index is 0.234. The van der Waals surface area contributed by atoms with E-state index in [1.807, 2.05) is 25.1 Å². The number of hydrogen-bond acceptors (Lipinski definition) is 7. The molecule has 0 aliphatic carbocycles. The molecule has 1 fully saturated rings. The average molecular weight is 384 g/mol. The molecular weight excluding hydrogens is 356 g/mol. The molecule has 1 aromatic carbocycles. The van der Waals surface area contributed by atoms with Gasteiger partial charge in [0, 0.05) is 38.8 Å². The van der Waals surface area contributed by atoms with Crippen LogP contribution in [0.25, 0.3) is 0 Å². The summed E-state index contributed by atoms with van der Waals surface area (Å²) in [5, 5.41) is 8.46. The van der Waals surface area contributed by atoms with Crippen LogP contribution in [0.3, 0.4) is 0 Å². The molecule has 0 N–H and O–H groups in total. The summed E-state index contributed by atoms with van der Waals surface area (Å²) in [5.41, 5.74) is 1.20. The molecule has 0 saturated carbocycles. The van der Waals surface area contributed by atoms with Gasteiger partial charge >= 0.3 is 6.09 Å². The zero-order chi connectivity index (χ0) is 19.9. The van der Waals surface area contributed by atoms with E-state index in [0.29, 0.717) is 38.7 Å². The molecule has 1 amide bonds. The maximum Gasteiger partial charge on any atom is 0.409 e. The molecule has 1 aliphatic rings. The minimum atomic E-state index is -0.252. The highest BCUT2D eigenvalue weighted by Crippen LogP contribution is 2.19. The number of hydrogen-bond donors (Lipinski definition) is 0. The second-order valence-corrected chi connectivity index (χ2v) is 6.99. The summed E-state index contributed by atoms with van der Waals surface area (Å²) in [5.74, 6) is 1.40. The number of nitrogens with zero attached hydrogens (tertiary/aromatic N) is 6. The quantitative estimate of drug-likeness (QED) is 0.758. The predicted octanol–water partition coefficient (Wildman–Crippen LogP) is 2.57. The second kappa shape index (κ2) is 9.34. The highest BCUT2D eigenvalue weighted by Gasteiger charge is 2.24. The standard InChI is InChI=1S/C20H28N6O2/c1-4-28-20(27)25-12-10-24(11-13-25)18-14-21-23-19(22-18)26(16(2)3)15-17-8-6-5-7-9-17/h5-9,14,16H,4,10-13,15H2,1-3H3. The fourth-order valence-corrected chi connectivity index (χ4v) is 3.16. The van der Waals surface area contributed by atoms with E-state index >= 15 is 0 Å². The van der Waals surface area contributed by atoms with E-state index in [2.05, 4.69) is 46.0 Å². The first-order chi connectivity index (χ1) is 13.6. The number of anilines is 2. The van der Waals surface area contributed by atoms with Crippen molar-refractivity contribution in [2.75, 3.05) is 42.6 Å². The predicted molar refractivity (Wildman–Crippen MR) is 108 cm³/mol. The van der Waals surface area contributed by atoms with Crippen molar-refractivity contribution < 1.29 is 9.53 Å². The molecule has 0 radical (unpaired) electrons. The van der Waals surface area contributed by atoms with Crippen molar-refractivity contribution in [3.05, 3.63) is 42.1 Å². The third kappa shape index (κ3) is 4.88. The molecule has 0 atom stereocenters. The Morgan fingerprint density at radius 3 is 2.54 bits per heavy atom. The fraction of sp³-hybridized carbons (Fsp3) is 0.500. The average Bonchev–Trinajstić information content (AvgIpc) is 2.73. The van der Waals surface area contributed by atoms with Gasteiger partial charge in [0.25, 0.3) is 0 Å². The van der Waals surface area contributed by atoms with Gasteiger partial charge in [-0.2, -0.15) is 10.1 Å². The lowest BCUT2D eigenvalue weighted by Gasteiger charge is -2.35. The van der Waals surface area contributed by atoms with Crippen LogP contribution in [0.2, 0.25) is 0 Å². The van der Waals surface area contributed by atoms with Gasteiger partial charge in [-0.1, -0.05) is 30.3 Å². The second-order valence-electron chi connectivity index (χ2n) is 6.99. The Hall–Kier alpha value is -2.90. The first kappa shape index (κ1) is 19.9. The molecule has 8 nitrogen and oxygen atoms in total. The number of amides is 1. The van der Waals surface area contributed by atoms with Gasteiger partial charge < -0.3 is 19.4 Å². The summed E-state index contributed by atoms with van der Waals surface area (Å²) in [6, 6.07) is 10.5. The SMILES string of the molecule is CCOC(=O)N1CCN(c2cnnc(N(Cc3ccccc3)C(C)C)n2)CC1. The molecule has 2 aromatic rings. The first-order valence-electron chi connectivity index (χ1n) is 9.75. The van der Waals surface area contributed by atoms with Crippen molar-refractivity contribution in [1.82, 2.24) is 20.1 Å². The summed E-state index contributed by atoms with van der Waals surface area (Å²) in [7, 11) is 0. The van der Waals surface area contributed by atoms with Crippen LogP contribution in [0.5, 0.6) is 0 Å². The summed E-state index contributed by atoms with van der Waals surface area (Å²) in [6.07, 6.45) is 1.43. The molecule has 150 valence electrons. The van der Waals surface area contributed by atoms with Crippen LogP contribution in [-0.4, -0.2) is 65.0 Å². The third-order valence-corrected chi connectivity index (χ3v) is 4.74. The molecular formula is C20H28N6O2. The van der Waals surface area contributed by atoms with Gasteiger partial charge in [-0.25, -0.2) is 4.79 Å². The molecule has 1 saturated heterocycles. The Morgan fingerprint density at radius 1 is 1.18 bits per heavy atom. The van der Waals surface area contributed by atoms with E-state index < -0.39 is 0 Å². The van der Waals surface area contributed by atoms with Crippen LogP contribution in [0, 0.1) is 0 Å². The van der Waals surface area contributed by atoms with Crippen molar-refractivity contribution in [2.24, 2.45) is 0 Å². The van der Waals surface area contributed by atoms with E-state index in [-0.39, 0.29) is 12.1 Å². The summed E-state index contributed by atoms with van der Waals surface area (Å²) in [6.45, 7) is 9.78. The zero-order valence-electron chi connectivity index (χ0n) is 16.8. The van der Waals surface area contributed by atoms with Crippen LogP contribution in [0.1, 0.15) is 26.3 Å². The topological polar surface area (TPSA) is 74.7 Å². The Morgan fingerprint density at radius 2 is 1.89 bits per heavy atom. The van der Waals surface area contributed by atoms with Crippen molar-refractivity contribution >= 4 is 17.9 Å². The Bertz CT molecular complexity index is 762. The number of carbonyl (C=O) groups is 1. The number of carbonyl (C=O) groups excluding carboxylic acids is 1. The van der Waals surface area contributed by atoms with Crippen LogP contribution in [-0.2, 0) is 11.3 Å². The Balaban J connectivity index is 1.70. The van der Waals surface area contributed by atoms with Gasteiger partial charge in [-0.3, -0.25) is 0 Å². The molecule has 0 unspecified atom stereocenters. The monoisotopic (exact) mass is 384 g/mol.